The molecule has 9 heteroatoms. The third kappa shape index (κ3) is 7.85. The molecule has 1 saturated heterocycles. The molecular formula is C28H35FN4O3S. The van der Waals surface area contributed by atoms with E-state index < -0.39 is 12.1 Å². The number of rotatable bonds is 13. The molecule has 3 heterocycles. The molecule has 0 radical (unpaired) electrons. The Morgan fingerprint density at radius 2 is 2.11 bits per heavy atom. The van der Waals surface area contributed by atoms with Gasteiger partial charge in [-0.25, -0.2) is 14.4 Å². The largest absolute Gasteiger partial charge is 0.497 e. The van der Waals surface area contributed by atoms with Crippen molar-refractivity contribution in [2.24, 2.45) is 11.8 Å². The first-order valence-corrected chi connectivity index (χ1v) is 13.9. The van der Waals surface area contributed by atoms with Gasteiger partial charge < -0.3 is 14.7 Å². The van der Waals surface area contributed by atoms with Gasteiger partial charge in [-0.1, -0.05) is 0 Å². The highest BCUT2D eigenvalue weighted by atomic mass is 32.2. The standard InChI is InChI=1S/C28H35FN4O3S/c1-36-22-5-7-26-24(17-22)23(9-13-31-26)25(29)6-3-20-11-15-33(18-21(20)4-8-28(34)35)14-2-16-37-27-10-12-30-19-32-27/h5,7,9-10,12-13,17,19-21,25H,2-4,6,8,11,14-16,18H2,1H3,(H,34,35)/t20?,21?,25-/m0/s1. The summed E-state index contributed by atoms with van der Waals surface area (Å²) in [6, 6.07) is 9.22. The van der Waals surface area contributed by atoms with Crippen molar-refractivity contribution in [2.45, 2.75) is 49.7 Å². The minimum Gasteiger partial charge on any atom is -0.497 e. The molecule has 0 amide bonds. The third-order valence-electron chi connectivity index (χ3n) is 7.24. The zero-order valence-corrected chi connectivity index (χ0v) is 22.1. The number of likely N-dealkylation sites (tertiary alicyclic amines) is 1. The van der Waals surface area contributed by atoms with E-state index in [1.807, 2.05) is 24.3 Å². The van der Waals surface area contributed by atoms with Crippen molar-refractivity contribution >= 4 is 28.6 Å². The molecule has 3 aromatic rings. The van der Waals surface area contributed by atoms with Crippen LogP contribution in [0.5, 0.6) is 5.75 Å². The Bertz CT molecular complexity index is 1150. The summed E-state index contributed by atoms with van der Waals surface area (Å²) in [7, 11) is 1.60. The molecule has 0 saturated carbocycles. The first kappa shape index (κ1) is 27.3. The first-order chi connectivity index (χ1) is 18.0. The Kier molecular flexibility index (Phi) is 10.1. The Morgan fingerprint density at radius 1 is 1.22 bits per heavy atom. The Morgan fingerprint density at radius 3 is 2.89 bits per heavy atom. The molecule has 0 aliphatic carbocycles. The molecule has 1 aliphatic rings. The third-order valence-corrected chi connectivity index (χ3v) is 8.27. The predicted molar refractivity (Wildman–Crippen MR) is 144 cm³/mol. The van der Waals surface area contributed by atoms with Gasteiger partial charge in [0.2, 0.25) is 0 Å². The van der Waals surface area contributed by atoms with E-state index in [1.165, 1.54) is 0 Å². The molecule has 2 unspecified atom stereocenters. The van der Waals surface area contributed by atoms with E-state index in [0.29, 0.717) is 30.1 Å². The van der Waals surface area contributed by atoms with Gasteiger partial charge in [0.25, 0.3) is 0 Å². The van der Waals surface area contributed by atoms with Gasteiger partial charge in [-0.15, -0.1) is 11.8 Å². The fourth-order valence-corrected chi connectivity index (χ4v) is 6.03. The van der Waals surface area contributed by atoms with Crippen LogP contribution in [0.25, 0.3) is 10.9 Å². The van der Waals surface area contributed by atoms with E-state index in [4.69, 9.17) is 4.74 Å². The molecule has 0 bridgehead atoms. The molecule has 198 valence electrons. The number of thioether (sulfide) groups is 1. The van der Waals surface area contributed by atoms with Crippen LogP contribution in [0.1, 0.15) is 50.3 Å². The van der Waals surface area contributed by atoms with Crippen molar-refractivity contribution in [3.8, 4) is 5.75 Å². The lowest BCUT2D eigenvalue weighted by Gasteiger charge is -2.39. The molecule has 2 aromatic heterocycles. The van der Waals surface area contributed by atoms with E-state index in [1.54, 1.807) is 43.7 Å². The maximum Gasteiger partial charge on any atom is 0.303 e. The average molecular weight is 527 g/mol. The van der Waals surface area contributed by atoms with E-state index >= 15 is 4.39 Å². The summed E-state index contributed by atoms with van der Waals surface area (Å²) in [6.07, 6.45) is 7.85. The molecular weight excluding hydrogens is 491 g/mol. The number of hydrogen-bond acceptors (Lipinski definition) is 7. The highest BCUT2D eigenvalue weighted by Gasteiger charge is 2.30. The number of halogens is 1. The van der Waals surface area contributed by atoms with Crippen LogP contribution >= 0.6 is 11.8 Å². The number of carboxylic acid groups (broad SMARTS) is 1. The lowest BCUT2D eigenvalue weighted by Crippen LogP contribution is -2.41. The number of ether oxygens (including phenoxy) is 1. The fraction of sp³-hybridized carbons (Fsp3) is 0.500. The highest BCUT2D eigenvalue weighted by molar-refractivity contribution is 7.99. The number of carbonyl (C=O) groups is 1. The van der Waals surface area contributed by atoms with Crippen molar-refractivity contribution in [1.82, 2.24) is 19.9 Å². The highest BCUT2D eigenvalue weighted by Crippen LogP contribution is 2.36. The van der Waals surface area contributed by atoms with Gasteiger partial charge in [-0.3, -0.25) is 9.78 Å². The SMILES string of the molecule is COc1ccc2nccc([C@@H](F)CCC3CCN(CCCSc4ccncn4)CC3CCC(=O)O)c2c1. The Labute approximate surface area is 221 Å². The fourth-order valence-electron chi connectivity index (χ4n) is 5.27. The molecule has 1 aromatic carbocycles. The number of piperidine rings is 1. The van der Waals surface area contributed by atoms with E-state index in [0.717, 1.165) is 60.6 Å². The molecule has 1 aliphatic heterocycles. The summed E-state index contributed by atoms with van der Waals surface area (Å²) in [4.78, 5) is 26.3. The molecule has 4 rings (SSSR count). The summed E-state index contributed by atoms with van der Waals surface area (Å²) >= 11 is 1.73. The first-order valence-electron chi connectivity index (χ1n) is 12.9. The van der Waals surface area contributed by atoms with Crippen LogP contribution < -0.4 is 4.74 Å². The van der Waals surface area contributed by atoms with Crippen LogP contribution in [-0.2, 0) is 4.79 Å². The van der Waals surface area contributed by atoms with Crippen LogP contribution in [0.4, 0.5) is 4.39 Å². The van der Waals surface area contributed by atoms with Crippen molar-refractivity contribution in [3.63, 3.8) is 0 Å². The Hall–Kier alpha value is -2.78. The van der Waals surface area contributed by atoms with Gasteiger partial charge in [-0.2, -0.15) is 0 Å². The number of aliphatic carboxylic acids is 1. The lowest BCUT2D eigenvalue weighted by atomic mass is 9.79. The minimum absolute atomic E-state index is 0.159. The van der Waals surface area contributed by atoms with E-state index in [9.17, 15) is 9.90 Å². The smallest absolute Gasteiger partial charge is 0.303 e. The van der Waals surface area contributed by atoms with Crippen LogP contribution in [0, 0.1) is 11.8 Å². The van der Waals surface area contributed by atoms with Gasteiger partial charge in [0, 0.05) is 36.5 Å². The molecule has 37 heavy (non-hydrogen) atoms. The molecule has 7 nitrogen and oxygen atoms in total. The number of nitrogens with zero attached hydrogens (tertiary/aromatic N) is 4. The van der Waals surface area contributed by atoms with Crippen LogP contribution in [0.15, 0.2) is 54.1 Å². The van der Waals surface area contributed by atoms with Gasteiger partial charge in [0.05, 0.1) is 17.7 Å². The topological polar surface area (TPSA) is 88.4 Å². The summed E-state index contributed by atoms with van der Waals surface area (Å²) in [5.74, 6) is 1.49. The van der Waals surface area contributed by atoms with Crippen molar-refractivity contribution < 1.29 is 19.0 Å². The molecule has 0 spiro atoms. The number of benzene rings is 1. The minimum atomic E-state index is -1.10. The van der Waals surface area contributed by atoms with Crippen LogP contribution in [0.3, 0.4) is 0 Å². The average Bonchev–Trinajstić information content (AvgIpc) is 2.93. The monoisotopic (exact) mass is 526 g/mol. The summed E-state index contributed by atoms with van der Waals surface area (Å²) in [5.41, 5.74) is 1.40. The van der Waals surface area contributed by atoms with Crippen molar-refractivity contribution in [3.05, 3.63) is 54.6 Å². The summed E-state index contributed by atoms with van der Waals surface area (Å²) < 4.78 is 20.9. The quantitative estimate of drug-likeness (QED) is 0.170. The van der Waals surface area contributed by atoms with Gasteiger partial charge in [0.1, 0.15) is 18.2 Å². The van der Waals surface area contributed by atoms with Crippen molar-refractivity contribution in [2.75, 3.05) is 32.5 Å². The van der Waals surface area contributed by atoms with Crippen LogP contribution in [0.2, 0.25) is 0 Å². The van der Waals surface area contributed by atoms with E-state index in [2.05, 4.69) is 19.9 Å². The number of alkyl halides is 1. The van der Waals surface area contributed by atoms with Crippen molar-refractivity contribution in [1.29, 1.82) is 0 Å². The summed E-state index contributed by atoms with van der Waals surface area (Å²) in [6.45, 7) is 2.83. The predicted octanol–water partition coefficient (Wildman–Crippen LogP) is 5.81. The van der Waals surface area contributed by atoms with Crippen LogP contribution in [-0.4, -0.2) is 63.4 Å². The molecule has 1 fully saturated rings. The maximum absolute atomic E-state index is 15.5. The van der Waals surface area contributed by atoms with Gasteiger partial charge >= 0.3 is 5.97 Å². The second kappa shape index (κ2) is 13.7. The molecule has 3 atom stereocenters. The number of hydrogen-bond donors (Lipinski definition) is 1. The van der Waals surface area contributed by atoms with Gasteiger partial charge in [0.15, 0.2) is 0 Å². The number of aromatic nitrogens is 3. The maximum atomic E-state index is 15.5. The number of fused-ring (bicyclic) bond motifs is 1. The number of methoxy groups -OCH3 is 1. The van der Waals surface area contributed by atoms with Gasteiger partial charge in [-0.05, 0) is 92.9 Å². The summed E-state index contributed by atoms with van der Waals surface area (Å²) in [5, 5.41) is 11.0. The second-order valence-corrected chi connectivity index (χ2v) is 10.7. The second-order valence-electron chi connectivity index (χ2n) is 9.62. The normalized spacial score (nSPS) is 19.1. The number of pyridine rings is 1. The number of carboxylic acids is 1. The van der Waals surface area contributed by atoms with E-state index in [-0.39, 0.29) is 12.3 Å². The zero-order chi connectivity index (χ0) is 26.0. The lowest BCUT2D eigenvalue weighted by molar-refractivity contribution is -0.137. The molecule has 1 N–H and O–H groups in total. The zero-order valence-electron chi connectivity index (χ0n) is 21.3. The Balaban J connectivity index is 1.32.